The van der Waals surface area contributed by atoms with E-state index in [0.717, 1.165) is 12.5 Å². The molecule has 2 unspecified atom stereocenters. The van der Waals surface area contributed by atoms with Gasteiger partial charge in [-0.2, -0.15) is 0 Å². The normalized spacial score (nSPS) is 23.1. The highest BCUT2D eigenvalue weighted by atomic mass is 32.1. The summed E-state index contributed by atoms with van der Waals surface area (Å²) in [6, 6.07) is 0.443. The summed E-state index contributed by atoms with van der Waals surface area (Å²) in [7, 11) is 0. The molecular weight excluding hydrogens is 230 g/mol. The van der Waals surface area contributed by atoms with Crippen molar-refractivity contribution in [2.24, 2.45) is 5.92 Å². The van der Waals surface area contributed by atoms with Crippen LogP contribution in [0.2, 0.25) is 0 Å². The van der Waals surface area contributed by atoms with Crippen molar-refractivity contribution in [2.45, 2.75) is 33.2 Å². The van der Waals surface area contributed by atoms with Gasteiger partial charge in [-0.1, -0.05) is 6.92 Å². The summed E-state index contributed by atoms with van der Waals surface area (Å²) in [5.74, 6) is 0.825. The van der Waals surface area contributed by atoms with Crippen molar-refractivity contribution in [3.63, 3.8) is 0 Å². The zero-order chi connectivity index (χ0) is 12.3. The Morgan fingerprint density at radius 3 is 3.06 bits per heavy atom. The third-order valence-corrected chi connectivity index (χ3v) is 4.82. The third-order valence-electron chi connectivity index (χ3n) is 3.71. The Hall–Kier alpha value is -0.450. The summed E-state index contributed by atoms with van der Waals surface area (Å²) in [6.45, 7) is 11.5. The summed E-state index contributed by atoms with van der Waals surface area (Å²) in [4.78, 5) is 8.23. The second kappa shape index (κ2) is 5.94. The van der Waals surface area contributed by atoms with Gasteiger partial charge in [0.1, 0.15) is 0 Å². The van der Waals surface area contributed by atoms with Gasteiger partial charge in [0.05, 0.1) is 11.2 Å². The molecule has 3 nitrogen and oxygen atoms in total. The smallest absolute Gasteiger partial charge is 0.0798 e. The number of thiazole rings is 1. The molecule has 1 aliphatic rings. The van der Waals surface area contributed by atoms with Crippen molar-refractivity contribution < 1.29 is 0 Å². The maximum atomic E-state index is 4.31. The molecule has 1 N–H and O–H groups in total. The second-order valence-corrected chi connectivity index (χ2v) is 5.87. The zero-order valence-corrected chi connectivity index (χ0v) is 11.9. The fraction of sp³-hybridized carbons (Fsp3) is 0.769. The average Bonchev–Trinajstić information content (AvgIpc) is 2.94. The lowest BCUT2D eigenvalue weighted by Gasteiger charge is -2.17. The number of hydrogen-bond donors (Lipinski definition) is 1. The molecular formula is C13H23N3S. The second-order valence-electron chi connectivity index (χ2n) is 4.98. The van der Waals surface area contributed by atoms with E-state index in [-0.39, 0.29) is 0 Å². The number of nitrogens with one attached hydrogen (secondary N) is 1. The van der Waals surface area contributed by atoms with Crippen molar-refractivity contribution >= 4 is 11.3 Å². The van der Waals surface area contributed by atoms with Crippen LogP contribution in [0, 0.1) is 12.8 Å². The minimum absolute atomic E-state index is 0.443. The van der Waals surface area contributed by atoms with Gasteiger partial charge in [-0.05, 0) is 45.8 Å². The molecule has 2 atom stereocenters. The van der Waals surface area contributed by atoms with Gasteiger partial charge in [0.15, 0.2) is 0 Å². The number of rotatable bonds is 5. The van der Waals surface area contributed by atoms with Crippen LogP contribution in [0.1, 0.15) is 36.9 Å². The van der Waals surface area contributed by atoms with E-state index in [1.807, 2.05) is 5.51 Å². The Balaban J connectivity index is 1.77. The minimum Gasteiger partial charge on any atom is -0.309 e. The Morgan fingerprint density at radius 1 is 1.65 bits per heavy atom. The van der Waals surface area contributed by atoms with E-state index < -0.39 is 0 Å². The maximum absolute atomic E-state index is 4.31. The number of nitrogens with zero attached hydrogens (tertiary/aromatic N) is 2. The van der Waals surface area contributed by atoms with Gasteiger partial charge in [-0.25, -0.2) is 4.98 Å². The number of aromatic nitrogens is 1. The van der Waals surface area contributed by atoms with E-state index in [1.54, 1.807) is 11.3 Å². The monoisotopic (exact) mass is 253 g/mol. The van der Waals surface area contributed by atoms with Gasteiger partial charge in [0.2, 0.25) is 0 Å². The average molecular weight is 253 g/mol. The molecule has 0 spiro atoms. The largest absolute Gasteiger partial charge is 0.309 e. The third kappa shape index (κ3) is 3.27. The molecule has 96 valence electrons. The molecule has 0 radical (unpaired) electrons. The van der Waals surface area contributed by atoms with Crippen LogP contribution in [0.25, 0.3) is 0 Å². The Bertz CT molecular complexity index is 350. The molecule has 0 saturated carbocycles. The van der Waals surface area contributed by atoms with Gasteiger partial charge >= 0.3 is 0 Å². The molecule has 17 heavy (non-hydrogen) atoms. The van der Waals surface area contributed by atoms with Gasteiger partial charge in [-0.15, -0.1) is 11.3 Å². The fourth-order valence-corrected chi connectivity index (χ4v) is 3.36. The van der Waals surface area contributed by atoms with Crippen molar-refractivity contribution in [3.05, 3.63) is 16.1 Å². The molecule has 4 heteroatoms. The topological polar surface area (TPSA) is 28.2 Å². The van der Waals surface area contributed by atoms with E-state index in [4.69, 9.17) is 0 Å². The lowest BCUT2D eigenvalue weighted by molar-refractivity contribution is 0.336. The molecule has 0 amide bonds. The first-order valence-corrected chi connectivity index (χ1v) is 7.44. The van der Waals surface area contributed by atoms with E-state index in [2.05, 4.69) is 36.0 Å². The molecule has 1 aromatic heterocycles. The SMILES string of the molecule is CCN1CCC(CNC(C)c2scnc2C)C1. The zero-order valence-electron chi connectivity index (χ0n) is 11.1. The molecule has 1 aromatic rings. The van der Waals surface area contributed by atoms with E-state index in [1.165, 1.54) is 36.6 Å². The van der Waals surface area contributed by atoms with Crippen LogP contribution in [-0.2, 0) is 0 Å². The van der Waals surface area contributed by atoms with E-state index >= 15 is 0 Å². The molecule has 1 fully saturated rings. The maximum Gasteiger partial charge on any atom is 0.0798 e. The highest BCUT2D eigenvalue weighted by Crippen LogP contribution is 2.22. The predicted molar refractivity (Wildman–Crippen MR) is 73.5 cm³/mol. The number of hydrogen-bond acceptors (Lipinski definition) is 4. The van der Waals surface area contributed by atoms with Gasteiger partial charge in [0.25, 0.3) is 0 Å². The molecule has 0 aromatic carbocycles. The highest BCUT2D eigenvalue weighted by molar-refractivity contribution is 7.09. The summed E-state index contributed by atoms with van der Waals surface area (Å²) in [5.41, 5.74) is 3.12. The van der Waals surface area contributed by atoms with Crippen molar-refractivity contribution in [1.82, 2.24) is 15.2 Å². The number of likely N-dealkylation sites (tertiary alicyclic amines) is 1. The Kier molecular flexibility index (Phi) is 4.54. The van der Waals surface area contributed by atoms with Gasteiger partial charge < -0.3 is 10.2 Å². The van der Waals surface area contributed by atoms with Crippen LogP contribution in [0.15, 0.2) is 5.51 Å². The quantitative estimate of drug-likeness (QED) is 0.873. The van der Waals surface area contributed by atoms with Crippen molar-refractivity contribution in [1.29, 1.82) is 0 Å². The number of aryl methyl sites for hydroxylation is 1. The standard InChI is InChI=1S/C13H23N3S/c1-4-16-6-5-12(8-16)7-14-10(2)13-11(3)15-9-17-13/h9-10,12,14H,4-8H2,1-3H3. The van der Waals surface area contributed by atoms with Crippen LogP contribution < -0.4 is 5.32 Å². The first-order valence-electron chi connectivity index (χ1n) is 6.56. The summed E-state index contributed by atoms with van der Waals surface area (Å²) < 4.78 is 0. The van der Waals surface area contributed by atoms with Gasteiger partial charge in [-0.3, -0.25) is 0 Å². The highest BCUT2D eigenvalue weighted by Gasteiger charge is 2.21. The first-order chi connectivity index (χ1) is 8.20. The van der Waals surface area contributed by atoms with Crippen molar-refractivity contribution in [2.75, 3.05) is 26.2 Å². The first kappa shape index (κ1) is 13.0. The van der Waals surface area contributed by atoms with E-state index in [9.17, 15) is 0 Å². The van der Waals surface area contributed by atoms with E-state index in [0.29, 0.717) is 6.04 Å². The molecule has 2 heterocycles. The molecule has 2 rings (SSSR count). The Labute approximate surface area is 108 Å². The summed E-state index contributed by atoms with van der Waals surface area (Å²) in [6.07, 6.45) is 1.34. The molecule has 1 aliphatic heterocycles. The van der Waals surface area contributed by atoms with Crippen LogP contribution in [0.3, 0.4) is 0 Å². The van der Waals surface area contributed by atoms with Gasteiger partial charge in [0, 0.05) is 17.5 Å². The predicted octanol–water partition coefficient (Wildman–Crippen LogP) is 2.44. The van der Waals surface area contributed by atoms with Crippen molar-refractivity contribution in [3.8, 4) is 0 Å². The molecule has 1 saturated heterocycles. The lowest BCUT2D eigenvalue weighted by atomic mass is 10.1. The fourth-order valence-electron chi connectivity index (χ4n) is 2.53. The van der Waals surface area contributed by atoms with Crippen LogP contribution in [-0.4, -0.2) is 36.1 Å². The summed E-state index contributed by atoms with van der Waals surface area (Å²) in [5, 5.41) is 3.66. The van der Waals surface area contributed by atoms with Crippen LogP contribution in [0.4, 0.5) is 0 Å². The molecule has 0 bridgehead atoms. The lowest BCUT2D eigenvalue weighted by Crippen LogP contribution is -2.28. The Morgan fingerprint density at radius 2 is 2.47 bits per heavy atom. The van der Waals surface area contributed by atoms with Crippen LogP contribution in [0.5, 0.6) is 0 Å². The van der Waals surface area contributed by atoms with Crippen LogP contribution >= 0.6 is 11.3 Å². The molecule has 0 aliphatic carbocycles. The minimum atomic E-state index is 0.443. The summed E-state index contributed by atoms with van der Waals surface area (Å²) >= 11 is 1.76.